The van der Waals surface area contributed by atoms with Crippen molar-refractivity contribution in [2.75, 3.05) is 24.6 Å². The first kappa shape index (κ1) is 17.1. The number of fused-ring (bicyclic) bond motifs is 1. The van der Waals surface area contributed by atoms with Crippen molar-refractivity contribution in [3.63, 3.8) is 0 Å². The molecular formula is C19H21ClN4O2. The van der Waals surface area contributed by atoms with Crippen LogP contribution in [0.2, 0.25) is 5.02 Å². The van der Waals surface area contributed by atoms with Gasteiger partial charge in [-0.1, -0.05) is 11.6 Å². The smallest absolute Gasteiger partial charge is 0.227 e. The molecule has 1 aromatic carbocycles. The van der Waals surface area contributed by atoms with Crippen LogP contribution in [0.15, 0.2) is 36.7 Å². The first-order valence-electron chi connectivity index (χ1n) is 8.92. The van der Waals surface area contributed by atoms with Crippen LogP contribution in [0.4, 0.5) is 5.95 Å². The number of halogens is 1. The normalized spacial score (nSPS) is 22.3. The summed E-state index contributed by atoms with van der Waals surface area (Å²) in [6, 6.07) is 7.46. The van der Waals surface area contributed by atoms with Gasteiger partial charge in [0.05, 0.1) is 5.92 Å². The number of carbonyl (C=O) groups excluding carboxylic acids is 1. The Labute approximate surface area is 157 Å². The van der Waals surface area contributed by atoms with Crippen LogP contribution in [0.5, 0.6) is 5.75 Å². The molecule has 136 valence electrons. The minimum atomic E-state index is -0.190. The second kappa shape index (κ2) is 7.50. The van der Waals surface area contributed by atoms with Crippen LogP contribution in [-0.4, -0.2) is 41.6 Å². The number of rotatable bonds is 3. The van der Waals surface area contributed by atoms with Gasteiger partial charge in [0, 0.05) is 36.5 Å². The van der Waals surface area contributed by atoms with Gasteiger partial charge in [0.2, 0.25) is 11.9 Å². The van der Waals surface area contributed by atoms with Crippen LogP contribution >= 0.6 is 11.6 Å². The van der Waals surface area contributed by atoms with Crippen LogP contribution in [0, 0.1) is 5.92 Å². The Kier molecular flexibility index (Phi) is 4.93. The molecule has 4 rings (SSSR count). The molecule has 0 aliphatic carbocycles. The van der Waals surface area contributed by atoms with Crippen LogP contribution in [0.1, 0.15) is 18.4 Å². The summed E-state index contributed by atoms with van der Waals surface area (Å²) in [5.41, 5.74) is 0.992. The number of hydrogen-bond donors (Lipinski definition) is 1. The zero-order valence-electron chi connectivity index (χ0n) is 14.4. The number of nitrogens with one attached hydrogen (secondary N) is 1. The molecule has 1 saturated heterocycles. The number of aromatic nitrogens is 2. The summed E-state index contributed by atoms with van der Waals surface area (Å²) in [7, 11) is 0. The topological polar surface area (TPSA) is 67.4 Å². The molecule has 26 heavy (non-hydrogen) atoms. The fraction of sp³-hybridized carbons (Fsp3) is 0.421. The molecule has 1 fully saturated rings. The number of ether oxygens (including phenoxy) is 1. The van der Waals surface area contributed by atoms with Gasteiger partial charge in [-0.3, -0.25) is 4.79 Å². The van der Waals surface area contributed by atoms with Crippen molar-refractivity contribution >= 4 is 23.5 Å². The monoisotopic (exact) mass is 372 g/mol. The van der Waals surface area contributed by atoms with E-state index in [1.807, 2.05) is 18.2 Å². The summed E-state index contributed by atoms with van der Waals surface area (Å²) in [4.78, 5) is 23.5. The van der Waals surface area contributed by atoms with Gasteiger partial charge >= 0.3 is 0 Å². The number of piperidine rings is 1. The molecule has 2 aromatic rings. The second-order valence-corrected chi connectivity index (χ2v) is 7.24. The molecule has 0 spiro atoms. The predicted molar refractivity (Wildman–Crippen MR) is 99.6 cm³/mol. The molecule has 1 amide bonds. The van der Waals surface area contributed by atoms with E-state index in [0.29, 0.717) is 18.1 Å². The number of benzene rings is 1. The molecule has 1 aromatic heterocycles. The maximum Gasteiger partial charge on any atom is 0.227 e. The molecule has 0 bridgehead atoms. The Morgan fingerprint density at radius 1 is 1.31 bits per heavy atom. The Hall–Kier alpha value is -2.34. The predicted octanol–water partition coefficient (Wildman–Crippen LogP) is 2.47. The highest BCUT2D eigenvalue weighted by Gasteiger charge is 2.29. The maximum atomic E-state index is 12.7. The Morgan fingerprint density at radius 2 is 2.15 bits per heavy atom. The first-order chi connectivity index (χ1) is 12.7. The van der Waals surface area contributed by atoms with Crippen molar-refractivity contribution in [1.29, 1.82) is 0 Å². The van der Waals surface area contributed by atoms with Gasteiger partial charge in [-0.15, -0.1) is 0 Å². The first-order valence-corrected chi connectivity index (χ1v) is 9.30. The van der Waals surface area contributed by atoms with Crippen LogP contribution in [0.3, 0.4) is 0 Å². The van der Waals surface area contributed by atoms with Crippen molar-refractivity contribution in [2.24, 2.45) is 5.92 Å². The van der Waals surface area contributed by atoms with Crippen molar-refractivity contribution in [3.05, 3.63) is 47.2 Å². The molecular weight excluding hydrogens is 352 g/mol. The highest BCUT2D eigenvalue weighted by atomic mass is 35.5. The molecule has 0 saturated carbocycles. The number of carbonyl (C=O) groups is 1. The minimum Gasteiger partial charge on any atom is -0.492 e. The van der Waals surface area contributed by atoms with E-state index in [9.17, 15) is 4.79 Å². The molecule has 2 atom stereocenters. The largest absolute Gasteiger partial charge is 0.492 e. The summed E-state index contributed by atoms with van der Waals surface area (Å²) < 4.78 is 5.74. The molecule has 0 radical (unpaired) electrons. The van der Waals surface area contributed by atoms with Gasteiger partial charge in [0.1, 0.15) is 12.4 Å². The van der Waals surface area contributed by atoms with Gasteiger partial charge < -0.3 is 15.0 Å². The zero-order valence-corrected chi connectivity index (χ0v) is 15.2. The van der Waals surface area contributed by atoms with E-state index in [1.165, 1.54) is 0 Å². The molecule has 2 aliphatic heterocycles. The fourth-order valence-electron chi connectivity index (χ4n) is 3.58. The summed E-state index contributed by atoms with van der Waals surface area (Å²) in [6.07, 6.45) is 6.10. The highest BCUT2D eigenvalue weighted by molar-refractivity contribution is 6.30. The van der Waals surface area contributed by atoms with Crippen molar-refractivity contribution in [2.45, 2.75) is 25.3 Å². The Balaban J connectivity index is 1.37. The standard InChI is InChI=1S/C19H21ClN4O2/c20-15-4-5-17-13(10-15)9-14(12-26-17)18(25)23-16-3-1-8-24(11-16)19-21-6-2-7-22-19/h2,4-7,10,14,16H,1,3,8-9,11-12H2,(H,23,25)/t14-,16+/m0/s1. The summed E-state index contributed by atoms with van der Waals surface area (Å²) in [6.45, 7) is 2.04. The van der Waals surface area contributed by atoms with Crippen molar-refractivity contribution in [3.8, 4) is 5.75 Å². The van der Waals surface area contributed by atoms with Gasteiger partial charge in [-0.05, 0) is 49.1 Å². The van der Waals surface area contributed by atoms with Crippen LogP contribution in [0.25, 0.3) is 0 Å². The Bertz CT molecular complexity index is 786. The summed E-state index contributed by atoms with van der Waals surface area (Å²) in [5.74, 6) is 1.39. The van der Waals surface area contributed by atoms with Gasteiger partial charge in [-0.2, -0.15) is 0 Å². The average molecular weight is 373 g/mol. The second-order valence-electron chi connectivity index (χ2n) is 6.81. The van der Waals surface area contributed by atoms with Gasteiger partial charge in [0.15, 0.2) is 0 Å². The third-order valence-corrected chi connectivity index (χ3v) is 5.14. The number of amides is 1. The number of anilines is 1. The lowest BCUT2D eigenvalue weighted by molar-refractivity contribution is -0.127. The molecule has 6 nitrogen and oxygen atoms in total. The molecule has 1 N–H and O–H groups in total. The molecule has 2 aliphatic rings. The minimum absolute atomic E-state index is 0.0384. The van der Waals surface area contributed by atoms with E-state index in [2.05, 4.69) is 20.2 Å². The van der Waals surface area contributed by atoms with Gasteiger partial charge in [-0.25, -0.2) is 9.97 Å². The lowest BCUT2D eigenvalue weighted by Gasteiger charge is -2.34. The van der Waals surface area contributed by atoms with E-state index in [0.717, 1.165) is 43.2 Å². The summed E-state index contributed by atoms with van der Waals surface area (Å²) >= 11 is 6.06. The maximum absolute atomic E-state index is 12.7. The summed E-state index contributed by atoms with van der Waals surface area (Å²) in [5, 5.41) is 3.85. The highest BCUT2D eigenvalue weighted by Crippen LogP contribution is 2.30. The number of nitrogens with zero attached hydrogens (tertiary/aromatic N) is 3. The van der Waals surface area contributed by atoms with Gasteiger partial charge in [0.25, 0.3) is 0 Å². The zero-order chi connectivity index (χ0) is 17.9. The third kappa shape index (κ3) is 3.75. The van der Waals surface area contributed by atoms with E-state index >= 15 is 0 Å². The van der Waals surface area contributed by atoms with Crippen LogP contribution in [-0.2, 0) is 11.2 Å². The quantitative estimate of drug-likeness (QED) is 0.896. The SMILES string of the molecule is O=C(N[C@@H]1CCCN(c2ncccn2)C1)[C@@H]1COc2ccc(Cl)cc2C1. The van der Waals surface area contributed by atoms with E-state index in [-0.39, 0.29) is 17.9 Å². The van der Waals surface area contributed by atoms with E-state index in [1.54, 1.807) is 18.5 Å². The Morgan fingerprint density at radius 3 is 3.00 bits per heavy atom. The third-order valence-electron chi connectivity index (χ3n) is 4.90. The molecule has 3 heterocycles. The molecule has 7 heteroatoms. The van der Waals surface area contributed by atoms with Crippen LogP contribution < -0.4 is 15.0 Å². The van der Waals surface area contributed by atoms with Crippen molar-refractivity contribution < 1.29 is 9.53 Å². The fourth-order valence-corrected chi connectivity index (χ4v) is 3.78. The molecule has 0 unspecified atom stereocenters. The number of hydrogen-bond acceptors (Lipinski definition) is 5. The lowest BCUT2D eigenvalue weighted by Crippen LogP contribution is -2.50. The average Bonchev–Trinajstić information content (AvgIpc) is 2.68. The van der Waals surface area contributed by atoms with Crippen molar-refractivity contribution in [1.82, 2.24) is 15.3 Å². The van der Waals surface area contributed by atoms with E-state index < -0.39 is 0 Å². The lowest BCUT2D eigenvalue weighted by atomic mass is 9.95. The van der Waals surface area contributed by atoms with E-state index in [4.69, 9.17) is 16.3 Å².